The van der Waals surface area contributed by atoms with Crippen molar-refractivity contribution in [3.63, 3.8) is 0 Å². The van der Waals surface area contributed by atoms with E-state index in [4.69, 9.17) is 26.8 Å². The summed E-state index contributed by atoms with van der Waals surface area (Å²) in [5.41, 5.74) is 6.98. The Morgan fingerprint density at radius 1 is 1.56 bits per heavy atom. The zero-order chi connectivity index (χ0) is 11.7. The maximum Gasteiger partial charge on any atom is 0.231 e. The van der Waals surface area contributed by atoms with Crippen molar-refractivity contribution in [2.45, 2.75) is 19.4 Å². The second-order valence-corrected chi connectivity index (χ2v) is 4.13. The second-order valence-electron chi connectivity index (χ2n) is 3.75. The van der Waals surface area contributed by atoms with Crippen molar-refractivity contribution in [1.29, 1.82) is 0 Å². The van der Waals surface area contributed by atoms with Gasteiger partial charge >= 0.3 is 0 Å². The molecule has 1 heterocycles. The summed E-state index contributed by atoms with van der Waals surface area (Å²) >= 11 is 6.18. The van der Waals surface area contributed by atoms with E-state index in [0.29, 0.717) is 35.1 Å². The van der Waals surface area contributed by atoms with Crippen LogP contribution in [0.4, 0.5) is 0 Å². The molecule has 88 valence electrons. The molecule has 0 saturated heterocycles. The average Bonchev–Trinajstić information content (AvgIpc) is 2.66. The van der Waals surface area contributed by atoms with E-state index in [1.54, 1.807) is 0 Å². The predicted molar refractivity (Wildman–Crippen MR) is 60.9 cm³/mol. The first-order valence-corrected chi connectivity index (χ1v) is 5.49. The molecule has 0 fully saturated rings. The number of aryl methyl sites for hydroxylation is 1. The molecule has 16 heavy (non-hydrogen) atoms. The fourth-order valence-corrected chi connectivity index (χ4v) is 2.27. The molecule has 1 aliphatic rings. The van der Waals surface area contributed by atoms with Crippen molar-refractivity contribution in [1.82, 2.24) is 0 Å². The van der Waals surface area contributed by atoms with Crippen LogP contribution in [0.1, 0.15) is 23.7 Å². The van der Waals surface area contributed by atoms with E-state index in [-0.39, 0.29) is 6.79 Å². The van der Waals surface area contributed by atoms with Crippen LogP contribution in [0.2, 0.25) is 5.02 Å². The third kappa shape index (κ3) is 1.84. The predicted octanol–water partition coefficient (Wildman–Crippen LogP) is 1.76. The lowest BCUT2D eigenvalue weighted by molar-refractivity contribution is 0.167. The van der Waals surface area contributed by atoms with Gasteiger partial charge < -0.3 is 20.3 Å². The molecule has 2 rings (SSSR count). The highest BCUT2D eigenvalue weighted by Crippen LogP contribution is 2.44. The van der Waals surface area contributed by atoms with E-state index in [1.165, 1.54) is 0 Å². The van der Waals surface area contributed by atoms with Crippen LogP contribution in [0.25, 0.3) is 0 Å². The van der Waals surface area contributed by atoms with Crippen LogP contribution in [0, 0.1) is 6.92 Å². The van der Waals surface area contributed by atoms with Gasteiger partial charge in [0.25, 0.3) is 0 Å². The SMILES string of the molecule is Cc1cc2c(c(Cl)c1C(O)CCN)OCO2. The molecule has 0 radical (unpaired) electrons. The second kappa shape index (κ2) is 4.49. The van der Waals surface area contributed by atoms with Gasteiger partial charge in [0.05, 0.1) is 11.1 Å². The molecular weight excluding hydrogens is 230 g/mol. The first-order valence-electron chi connectivity index (χ1n) is 5.12. The molecular formula is C11H14ClNO3. The topological polar surface area (TPSA) is 64.7 Å². The summed E-state index contributed by atoms with van der Waals surface area (Å²) in [6.07, 6.45) is -0.188. The van der Waals surface area contributed by atoms with E-state index in [9.17, 15) is 5.11 Å². The summed E-state index contributed by atoms with van der Waals surface area (Å²) in [5, 5.41) is 10.4. The molecule has 1 aromatic carbocycles. The van der Waals surface area contributed by atoms with Crippen LogP contribution in [-0.4, -0.2) is 18.4 Å². The first-order chi connectivity index (χ1) is 7.65. The highest BCUT2D eigenvalue weighted by Gasteiger charge is 2.24. The largest absolute Gasteiger partial charge is 0.454 e. The molecule has 0 saturated carbocycles. The minimum Gasteiger partial charge on any atom is -0.454 e. The van der Waals surface area contributed by atoms with Crippen LogP contribution in [0.5, 0.6) is 11.5 Å². The normalized spacial score (nSPS) is 15.2. The molecule has 1 aliphatic heterocycles. The minimum absolute atomic E-state index is 0.172. The smallest absolute Gasteiger partial charge is 0.231 e. The number of benzene rings is 1. The molecule has 0 aliphatic carbocycles. The van der Waals surface area contributed by atoms with Crippen LogP contribution in [-0.2, 0) is 0 Å². The maximum atomic E-state index is 9.95. The summed E-state index contributed by atoms with van der Waals surface area (Å²) in [4.78, 5) is 0. The molecule has 3 N–H and O–H groups in total. The van der Waals surface area contributed by atoms with Gasteiger partial charge in [-0.3, -0.25) is 0 Å². The number of hydrogen-bond acceptors (Lipinski definition) is 4. The van der Waals surface area contributed by atoms with Gasteiger partial charge in [0.2, 0.25) is 6.79 Å². The molecule has 0 bridgehead atoms. The standard InChI is InChI=1S/C11H14ClNO3/c1-6-4-8-11(16-5-15-8)10(12)9(6)7(14)2-3-13/h4,7,14H,2-3,5,13H2,1H3. The Labute approximate surface area is 98.9 Å². The third-order valence-electron chi connectivity index (χ3n) is 2.62. The van der Waals surface area contributed by atoms with Crippen LogP contribution in [0.15, 0.2) is 6.07 Å². The lowest BCUT2D eigenvalue weighted by atomic mass is 10.00. The summed E-state index contributed by atoms with van der Waals surface area (Å²) in [7, 11) is 0. The van der Waals surface area contributed by atoms with Gasteiger partial charge in [0.15, 0.2) is 11.5 Å². The summed E-state index contributed by atoms with van der Waals surface area (Å²) in [5.74, 6) is 1.14. The van der Waals surface area contributed by atoms with Gasteiger partial charge in [-0.1, -0.05) is 11.6 Å². The molecule has 5 heteroatoms. The van der Waals surface area contributed by atoms with Gasteiger partial charge in [-0.05, 0) is 31.5 Å². The van der Waals surface area contributed by atoms with Crippen molar-refractivity contribution >= 4 is 11.6 Å². The van der Waals surface area contributed by atoms with Gasteiger partial charge in [-0.15, -0.1) is 0 Å². The highest BCUT2D eigenvalue weighted by atomic mass is 35.5. The number of rotatable bonds is 3. The molecule has 1 unspecified atom stereocenters. The molecule has 0 amide bonds. The molecule has 0 spiro atoms. The maximum absolute atomic E-state index is 9.95. The fraction of sp³-hybridized carbons (Fsp3) is 0.455. The number of ether oxygens (including phenoxy) is 2. The number of hydrogen-bond donors (Lipinski definition) is 2. The van der Waals surface area contributed by atoms with Crippen molar-refractivity contribution in [2.75, 3.05) is 13.3 Å². The lowest BCUT2D eigenvalue weighted by Gasteiger charge is -2.16. The molecule has 1 aromatic rings. The zero-order valence-electron chi connectivity index (χ0n) is 9.00. The quantitative estimate of drug-likeness (QED) is 0.849. The van der Waals surface area contributed by atoms with Crippen molar-refractivity contribution < 1.29 is 14.6 Å². The monoisotopic (exact) mass is 243 g/mol. The van der Waals surface area contributed by atoms with E-state index >= 15 is 0 Å². The minimum atomic E-state index is -0.660. The Kier molecular flexibility index (Phi) is 3.23. The van der Waals surface area contributed by atoms with E-state index < -0.39 is 6.10 Å². The van der Waals surface area contributed by atoms with Gasteiger partial charge in [-0.25, -0.2) is 0 Å². The fourth-order valence-electron chi connectivity index (χ4n) is 1.85. The summed E-state index contributed by atoms with van der Waals surface area (Å²) in [6, 6.07) is 1.82. The zero-order valence-corrected chi connectivity index (χ0v) is 9.75. The summed E-state index contributed by atoms with van der Waals surface area (Å²) < 4.78 is 10.5. The van der Waals surface area contributed by atoms with Crippen molar-refractivity contribution in [2.24, 2.45) is 5.73 Å². The van der Waals surface area contributed by atoms with E-state index in [0.717, 1.165) is 5.56 Å². The van der Waals surface area contributed by atoms with Crippen molar-refractivity contribution in [3.8, 4) is 11.5 Å². The third-order valence-corrected chi connectivity index (χ3v) is 3.00. The highest BCUT2D eigenvalue weighted by molar-refractivity contribution is 6.33. The average molecular weight is 244 g/mol. The Morgan fingerprint density at radius 2 is 2.31 bits per heavy atom. The van der Waals surface area contributed by atoms with Crippen LogP contribution in [0.3, 0.4) is 0 Å². The number of aliphatic hydroxyl groups excluding tert-OH is 1. The number of nitrogens with two attached hydrogens (primary N) is 1. The van der Waals surface area contributed by atoms with Gasteiger partial charge in [-0.2, -0.15) is 0 Å². The molecule has 0 aromatic heterocycles. The Balaban J connectivity index is 2.45. The Bertz CT molecular complexity index is 409. The molecule has 1 atom stereocenters. The number of aliphatic hydroxyl groups is 1. The van der Waals surface area contributed by atoms with Gasteiger partial charge in [0, 0.05) is 5.56 Å². The van der Waals surface area contributed by atoms with E-state index in [1.807, 2.05) is 13.0 Å². The summed E-state index contributed by atoms with van der Waals surface area (Å²) in [6.45, 7) is 2.46. The van der Waals surface area contributed by atoms with Crippen molar-refractivity contribution in [3.05, 3.63) is 22.2 Å². The molecule has 4 nitrogen and oxygen atoms in total. The Morgan fingerprint density at radius 3 is 3.00 bits per heavy atom. The Hall–Kier alpha value is -0.970. The number of fused-ring (bicyclic) bond motifs is 1. The number of halogens is 1. The van der Waals surface area contributed by atoms with Crippen LogP contribution >= 0.6 is 11.6 Å². The van der Waals surface area contributed by atoms with Crippen LogP contribution < -0.4 is 15.2 Å². The first kappa shape index (κ1) is 11.5. The van der Waals surface area contributed by atoms with Gasteiger partial charge in [0.1, 0.15) is 0 Å². The lowest BCUT2D eigenvalue weighted by Crippen LogP contribution is -2.08. The van der Waals surface area contributed by atoms with E-state index in [2.05, 4.69) is 0 Å².